The molecule has 0 saturated carbocycles. The number of carbonyl (C=O) groups is 1. The summed E-state index contributed by atoms with van der Waals surface area (Å²) < 4.78 is 6.03. The fourth-order valence-corrected chi connectivity index (χ4v) is 3.40. The van der Waals surface area contributed by atoms with Crippen LogP contribution in [0, 0.1) is 13.8 Å². The van der Waals surface area contributed by atoms with E-state index in [-0.39, 0.29) is 17.6 Å². The third kappa shape index (κ3) is 4.42. The van der Waals surface area contributed by atoms with E-state index >= 15 is 0 Å². The molecule has 2 atom stereocenters. The Bertz CT molecular complexity index is 991. The lowest BCUT2D eigenvalue weighted by Gasteiger charge is -2.19. The molecule has 2 unspecified atom stereocenters. The van der Waals surface area contributed by atoms with E-state index in [4.69, 9.17) is 4.74 Å². The van der Waals surface area contributed by atoms with Crippen LogP contribution in [0.15, 0.2) is 66.7 Å². The summed E-state index contributed by atoms with van der Waals surface area (Å²) in [6, 6.07) is 21.8. The van der Waals surface area contributed by atoms with Gasteiger partial charge in [0, 0.05) is 5.92 Å². The van der Waals surface area contributed by atoms with E-state index in [1.54, 1.807) is 12.1 Å². The highest BCUT2D eigenvalue weighted by molar-refractivity contribution is 5.91. The Morgan fingerprint density at radius 1 is 0.821 bits per heavy atom. The van der Waals surface area contributed by atoms with Crippen LogP contribution in [0.25, 0.3) is 0 Å². The third-order valence-corrected chi connectivity index (χ3v) is 5.09. The van der Waals surface area contributed by atoms with Crippen molar-refractivity contribution in [2.45, 2.75) is 39.7 Å². The van der Waals surface area contributed by atoms with Crippen molar-refractivity contribution < 1.29 is 14.6 Å². The van der Waals surface area contributed by atoms with Crippen molar-refractivity contribution >= 4 is 5.97 Å². The van der Waals surface area contributed by atoms with Crippen molar-refractivity contribution in [3.05, 3.63) is 100 Å². The molecule has 0 aliphatic carbocycles. The van der Waals surface area contributed by atoms with Crippen molar-refractivity contribution in [2.75, 3.05) is 0 Å². The van der Waals surface area contributed by atoms with Crippen LogP contribution in [0.1, 0.15) is 64.0 Å². The van der Waals surface area contributed by atoms with Gasteiger partial charge in [-0.25, -0.2) is 4.79 Å². The highest BCUT2D eigenvalue weighted by Crippen LogP contribution is 2.31. The molecule has 0 saturated heterocycles. The molecule has 3 aromatic carbocycles. The van der Waals surface area contributed by atoms with Crippen molar-refractivity contribution in [1.82, 2.24) is 0 Å². The molecule has 0 fully saturated rings. The van der Waals surface area contributed by atoms with Crippen LogP contribution >= 0.6 is 0 Å². The Kier molecular flexibility index (Phi) is 5.84. The largest absolute Gasteiger partial charge is 0.485 e. The number of hydrogen-bond donors (Lipinski definition) is 1. The van der Waals surface area contributed by atoms with Gasteiger partial charge in [0.25, 0.3) is 0 Å². The van der Waals surface area contributed by atoms with Gasteiger partial charge in [0.15, 0.2) is 0 Å². The van der Waals surface area contributed by atoms with Crippen LogP contribution in [0.5, 0.6) is 5.75 Å². The second-order valence-corrected chi connectivity index (χ2v) is 7.37. The predicted molar refractivity (Wildman–Crippen MR) is 112 cm³/mol. The van der Waals surface area contributed by atoms with Gasteiger partial charge in [0.05, 0.1) is 0 Å². The zero-order valence-electron chi connectivity index (χ0n) is 16.8. The molecular weight excluding hydrogens is 348 g/mol. The number of carboxylic acids is 1. The average Bonchev–Trinajstić information content (AvgIpc) is 2.67. The maximum absolute atomic E-state index is 11.9. The molecule has 3 heteroatoms. The Balaban J connectivity index is 1.90. The van der Waals surface area contributed by atoms with E-state index < -0.39 is 5.97 Å². The van der Waals surface area contributed by atoms with Gasteiger partial charge in [0.2, 0.25) is 0 Å². The van der Waals surface area contributed by atoms with Gasteiger partial charge in [-0.15, -0.1) is 0 Å². The molecule has 1 N–H and O–H groups in total. The highest BCUT2D eigenvalue weighted by Gasteiger charge is 2.18. The van der Waals surface area contributed by atoms with Gasteiger partial charge in [0.1, 0.15) is 17.4 Å². The Morgan fingerprint density at radius 2 is 1.39 bits per heavy atom. The van der Waals surface area contributed by atoms with Crippen LogP contribution < -0.4 is 4.74 Å². The molecule has 3 aromatic rings. The highest BCUT2D eigenvalue weighted by atomic mass is 16.5. The quantitative estimate of drug-likeness (QED) is 0.551. The number of ether oxygens (including phenoxy) is 1. The summed E-state index contributed by atoms with van der Waals surface area (Å²) in [6.07, 6.45) is -0.238. The molecule has 28 heavy (non-hydrogen) atoms. The summed E-state index contributed by atoms with van der Waals surface area (Å²) in [6.45, 7) is 8.11. The van der Waals surface area contributed by atoms with E-state index in [0.717, 1.165) is 22.3 Å². The normalized spacial score (nSPS) is 13.0. The maximum atomic E-state index is 11.9. The maximum Gasteiger partial charge on any atom is 0.339 e. The lowest BCUT2D eigenvalue weighted by atomic mass is 9.91. The summed E-state index contributed by atoms with van der Waals surface area (Å²) in [5.74, 6) is -0.493. The number of benzene rings is 3. The summed E-state index contributed by atoms with van der Waals surface area (Å²) in [7, 11) is 0. The van der Waals surface area contributed by atoms with Gasteiger partial charge in [-0.05, 0) is 49.6 Å². The van der Waals surface area contributed by atoms with Gasteiger partial charge < -0.3 is 9.84 Å². The zero-order valence-corrected chi connectivity index (χ0v) is 16.8. The van der Waals surface area contributed by atoms with Crippen LogP contribution in [-0.2, 0) is 0 Å². The first-order chi connectivity index (χ1) is 13.3. The number of aryl methyl sites for hydroxylation is 2. The van der Waals surface area contributed by atoms with Gasteiger partial charge in [-0.2, -0.15) is 0 Å². The lowest BCUT2D eigenvalue weighted by molar-refractivity contribution is 0.0689. The van der Waals surface area contributed by atoms with Gasteiger partial charge >= 0.3 is 5.97 Å². The Morgan fingerprint density at radius 3 is 2.00 bits per heavy atom. The molecule has 0 aliphatic heterocycles. The Labute approximate surface area is 166 Å². The minimum absolute atomic E-state index is 0.0984. The van der Waals surface area contributed by atoms with Crippen LogP contribution in [0.3, 0.4) is 0 Å². The zero-order chi connectivity index (χ0) is 20.3. The molecular formula is C25H26O3. The Hall–Kier alpha value is -3.07. The number of rotatable bonds is 6. The molecule has 144 valence electrons. The summed E-state index contributed by atoms with van der Waals surface area (Å²) >= 11 is 0. The van der Waals surface area contributed by atoms with Crippen LogP contribution in [0.2, 0.25) is 0 Å². The van der Waals surface area contributed by atoms with E-state index in [9.17, 15) is 9.90 Å². The van der Waals surface area contributed by atoms with Gasteiger partial charge in [-0.3, -0.25) is 0 Å². The molecule has 0 aliphatic rings. The molecule has 0 aromatic heterocycles. The number of carboxylic acid groups (broad SMARTS) is 1. The monoisotopic (exact) mass is 374 g/mol. The molecule has 0 heterocycles. The summed E-state index contributed by atoms with van der Waals surface area (Å²) in [5, 5.41) is 9.73. The molecule has 0 spiro atoms. The first-order valence-corrected chi connectivity index (χ1v) is 9.52. The standard InChI is InChI=1S/C25H26O3/c1-16-7-5-9-20(13-16)18(3)21-11-12-24(23(15-21)25(26)27)28-19(4)22-10-6-8-17(2)14-22/h5-15,18-19H,1-4H3,(H,26,27). The molecule has 0 amide bonds. The third-order valence-electron chi connectivity index (χ3n) is 5.09. The number of aromatic carboxylic acids is 1. The second-order valence-electron chi connectivity index (χ2n) is 7.37. The van der Waals surface area contributed by atoms with Crippen LogP contribution in [0.4, 0.5) is 0 Å². The topological polar surface area (TPSA) is 46.5 Å². The first kappa shape index (κ1) is 19.7. The van der Waals surface area contributed by atoms with Gasteiger partial charge in [-0.1, -0.05) is 72.6 Å². The average molecular weight is 374 g/mol. The first-order valence-electron chi connectivity index (χ1n) is 9.52. The van der Waals surface area contributed by atoms with E-state index in [0.29, 0.717) is 5.75 Å². The second kappa shape index (κ2) is 8.30. The van der Waals surface area contributed by atoms with E-state index in [1.165, 1.54) is 5.56 Å². The minimum atomic E-state index is -0.982. The predicted octanol–water partition coefficient (Wildman–Crippen LogP) is 6.29. The molecule has 3 nitrogen and oxygen atoms in total. The van der Waals surface area contributed by atoms with Crippen molar-refractivity contribution in [2.24, 2.45) is 0 Å². The number of hydrogen-bond acceptors (Lipinski definition) is 2. The molecule has 0 radical (unpaired) electrons. The van der Waals surface area contributed by atoms with Crippen molar-refractivity contribution in [3.8, 4) is 5.75 Å². The van der Waals surface area contributed by atoms with E-state index in [2.05, 4.69) is 38.1 Å². The summed E-state index contributed by atoms with van der Waals surface area (Å²) in [5.41, 5.74) is 5.67. The summed E-state index contributed by atoms with van der Waals surface area (Å²) in [4.78, 5) is 11.9. The van der Waals surface area contributed by atoms with E-state index in [1.807, 2.05) is 44.2 Å². The molecule has 3 rings (SSSR count). The van der Waals surface area contributed by atoms with Crippen molar-refractivity contribution in [3.63, 3.8) is 0 Å². The fourth-order valence-electron chi connectivity index (χ4n) is 3.40. The molecule has 0 bridgehead atoms. The van der Waals surface area contributed by atoms with Crippen LogP contribution in [-0.4, -0.2) is 11.1 Å². The lowest BCUT2D eigenvalue weighted by Crippen LogP contribution is -2.09. The van der Waals surface area contributed by atoms with Crippen molar-refractivity contribution in [1.29, 1.82) is 0 Å². The fraction of sp³-hybridized carbons (Fsp3) is 0.240. The SMILES string of the molecule is Cc1cccc(C(C)Oc2ccc(C(C)c3cccc(C)c3)cc2C(=O)O)c1. The smallest absolute Gasteiger partial charge is 0.339 e. The minimum Gasteiger partial charge on any atom is -0.485 e.